The Balaban J connectivity index is 1.44. The Morgan fingerprint density at radius 1 is 1.13 bits per heavy atom. The molecular formula is C23H22N4O3. The van der Waals surface area contributed by atoms with Crippen LogP contribution in [0.25, 0.3) is 11.4 Å². The number of aryl methyl sites for hydroxylation is 1. The molecule has 30 heavy (non-hydrogen) atoms. The Morgan fingerprint density at radius 2 is 1.87 bits per heavy atom. The van der Waals surface area contributed by atoms with Gasteiger partial charge in [0.1, 0.15) is 5.75 Å². The van der Waals surface area contributed by atoms with Crippen LogP contribution in [0.5, 0.6) is 5.75 Å². The Bertz CT molecular complexity index is 1110. The maximum absolute atomic E-state index is 12.7. The quantitative estimate of drug-likeness (QED) is 0.697. The number of phenols is 1. The summed E-state index contributed by atoms with van der Waals surface area (Å²) in [6.45, 7) is 4.33. The highest BCUT2D eigenvalue weighted by atomic mass is 16.3. The number of hydrogen-bond acceptors (Lipinski definition) is 5. The average molecular weight is 402 g/mol. The summed E-state index contributed by atoms with van der Waals surface area (Å²) >= 11 is 0. The maximum Gasteiger partial charge on any atom is 0.229 e. The lowest BCUT2D eigenvalue weighted by molar-refractivity contribution is -0.122. The van der Waals surface area contributed by atoms with Crippen molar-refractivity contribution in [3.8, 4) is 17.1 Å². The standard InChI is InChI=1S/C23H22N4O3/c1-14-5-3-8-20(15(14)2)27-13-17(10-21(27)29)23(30)26-18-11-24-22(25-12-18)16-6-4-7-19(28)9-16/h3-9,11-12,17,28H,10,13H2,1-2H3,(H,26,30). The highest BCUT2D eigenvalue weighted by Crippen LogP contribution is 2.30. The fraction of sp³-hybridized carbons (Fsp3) is 0.217. The summed E-state index contributed by atoms with van der Waals surface area (Å²) in [6.07, 6.45) is 3.20. The van der Waals surface area contributed by atoms with Crippen LogP contribution < -0.4 is 10.2 Å². The van der Waals surface area contributed by atoms with E-state index in [1.807, 2.05) is 32.0 Å². The van der Waals surface area contributed by atoms with E-state index in [-0.39, 0.29) is 24.0 Å². The molecule has 1 saturated heterocycles. The van der Waals surface area contributed by atoms with Gasteiger partial charge in [-0.3, -0.25) is 9.59 Å². The van der Waals surface area contributed by atoms with Crippen LogP contribution in [-0.4, -0.2) is 33.4 Å². The van der Waals surface area contributed by atoms with Crippen LogP contribution in [0.1, 0.15) is 17.5 Å². The Morgan fingerprint density at radius 3 is 2.60 bits per heavy atom. The van der Waals surface area contributed by atoms with Gasteiger partial charge in [0.05, 0.1) is 24.0 Å². The SMILES string of the molecule is Cc1cccc(N2CC(C(=O)Nc3cnc(-c4cccc(O)c4)nc3)CC2=O)c1C. The monoisotopic (exact) mass is 402 g/mol. The zero-order valence-corrected chi connectivity index (χ0v) is 16.8. The number of aromatic hydroxyl groups is 1. The molecule has 2 aromatic carbocycles. The third-order valence-electron chi connectivity index (χ3n) is 5.39. The average Bonchev–Trinajstić information content (AvgIpc) is 3.12. The number of rotatable bonds is 4. The van der Waals surface area contributed by atoms with Crippen molar-refractivity contribution >= 4 is 23.2 Å². The molecule has 1 unspecified atom stereocenters. The lowest BCUT2D eigenvalue weighted by Crippen LogP contribution is -2.28. The summed E-state index contributed by atoms with van der Waals surface area (Å²) < 4.78 is 0. The predicted octanol–water partition coefficient (Wildman–Crippen LogP) is 3.46. The first kappa shape index (κ1) is 19.6. The van der Waals surface area contributed by atoms with Gasteiger partial charge in [-0.2, -0.15) is 0 Å². The van der Waals surface area contributed by atoms with Crippen molar-refractivity contribution in [1.29, 1.82) is 0 Å². The minimum absolute atomic E-state index is 0.0562. The number of anilines is 2. The molecule has 0 radical (unpaired) electrons. The minimum atomic E-state index is -0.442. The van der Waals surface area contributed by atoms with Gasteiger partial charge in [0.15, 0.2) is 5.82 Å². The van der Waals surface area contributed by atoms with Gasteiger partial charge in [-0.25, -0.2) is 9.97 Å². The molecule has 0 saturated carbocycles. The van der Waals surface area contributed by atoms with E-state index in [0.717, 1.165) is 16.8 Å². The van der Waals surface area contributed by atoms with Gasteiger partial charge in [0, 0.05) is 24.2 Å². The van der Waals surface area contributed by atoms with Crippen molar-refractivity contribution in [1.82, 2.24) is 9.97 Å². The van der Waals surface area contributed by atoms with Crippen LogP contribution in [0.4, 0.5) is 11.4 Å². The summed E-state index contributed by atoms with van der Waals surface area (Å²) in [7, 11) is 0. The van der Waals surface area contributed by atoms with E-state index in [4.69, 9.17) is 0 Å². The van der Waals surface area contributed by atoms with Crippen molar-refractivity contribution < 1.29 is 14.7 Å². The molecule has 1 atom stereocenters. The Labute approximate surface area is 174 Å². The van der Waals surface area contributed by atoms with E-state index in [2.05, 4.69) is 15.3 Å². The highest BCUT2D eigenvalue weighted by Gasteiger charge is 2.35. The van der Waals surface area contributed by atoms with Crippen LogP contribution in [-0.2, 0) is 9.59 Å². The molecule has 0 spiro atoms. The molecule has 0 bridgehead atoms. The first-order valence-corrected chi connectivity index (χ1v) is 9.71. The molecule has 7 heteroatoms. The highest BCUT2D eigenvalue weighted by molar-refractivity contribution is 6.03. The second-order valence-corrected chi connectivity index (χ2v) is 7.46. The van der Waals surface area contributed by atoms with Crippen molar-refractivity contribution in [2.75, 3.05) is 16.8 Å². The molecule has 2 N–H and O–H groups in total. The topological polar surface area (TPSA) is 95.4 Å². The van der Waals surface area contributed by atoms with Crippen LogP contribution in [0.2, 0.25) is 0 Å². The summed E-state index contributed by atoms with van der Waals surface area (Å²) in [5.41, 5.74) is 4.15. The third-order valence-corrected chi connectivity index (χ3v) is 5.39. The van der Waals surface area contributed by atoms with Crippen molar-refractivity contribution in [2.45, 2.75) is 20.3 Å². The largest absolute Gasteiger partial charge is 0.508 e. The molecule has 1 aliphatic rings. The molecule has 7 nitrogen and oxygen atoms in total. The molecule has 2 heterocycles. The van der Waals surface area contributed by atoms with Gasteiger partial charge in [-0.05, 0) is 43.2 Å². The van der Waals surface area contributed by atoms with Crippen molar-refractivity contribution in [2.24, 2.45) is 5.92 Å². The molecule has 1 fully saturated rings. The fourth-order valence-corrected chi connectivity index (χ4v) is 3.58. The molecule has 1 aliphatic heterocycles. The van der Waals surface area contributed by atoms with Crippen molar-refractivity contribution in [3.05, 3.63) is 66.0 Å². The Kier molecular flexibility index (Phi) is 5.18. The van der Waals surface area contributed by atoms with E-state index < -0.39 is 5.92 Å². The van der Waals surface area contributed by atoms with E-state index in [9.17, 15) is 14.7 Å². The number of carbonyl (C=O) groups is 2. The summed E-state index contributed by atoms with van der Waals surface area (Å²) in [6, 6.07) is 12.5. The zero-order valence-electron chi connectivity index (χ0n) is 16.8. The second-order valence-electron chi connectivity index (χ2n) is 7.46. The van der Waals surface area contributed by atoms with Gasteiger partial charge in [0.25, 0.3) is 0 Å². The van der Waals surface area contributed by atoms with Gasteiger partial charge in [0.2, 0.25) is 11.8 Å². The maximum atomic E-state index is 12.7. The van der Waals surface area contributed by atoms with Crippen LogP contribution in [0.3, 0.4) is 0 Å². The summed E-state index contributed by atoms with van der Waals surface area (Å²) in [4.78, 5) is 35.4. The number of aromatic nitrogens is 2. The molecule has 1 aromatic heterocycles. The van der Waals surface area contributed by atoms with Gasteiger partial charge in [-0.1, -0.05) is 24.3 Å². The Hall–Kier alpha value is -3.74. The van der Waals surface area contributed by atoms with Crippen LogP contribution in [0, 0.1) is 19.8 Å². The van der Waals surface area contributed by atoms with Crippen molar-refractivity contribution in [3.63, 3.8) is 0 Å². The minimum Gasteiger partial charge on any atom is -0.508 e. The number of carbonyl (C=O) groups excluding carboxylic acids is 2. The first-order valence-electron chi connectivity index (χ1n) is 9.71. The van der Waals surface area contributed by atoms with E-state index >= 15 is 0 Å². The molecule has 4 rings (SSSR count). The number of hydrogen-bond donors (Lipinski definition) is 2. The lowest BCUT2D eigenvalue weighted by atomic mass is 10.1. The second kappa shape index (κ2) is 7.94. The van der Waals surface area contributed by atoms with Crippen LogP contribution in [0.15, 0.2) is 54.9 Å². The lowest BCUT2D eigenvalue weighted by Gasteiger charge is -2.20. The molecular weight excluding hydrogens is 380 g/mol. The van der Waals surface area contributed by atoms with Gasteiger partial charge in [-0.15, -0.1) is 0 Å². The van der Waals surface area contributed by atoms with Gasteiger partial charge >= 0.3 is 0 Å². The molecule has 152 valence electrons. The summed E-state index contributed by atoms with van der Waals surface area (Å²) in [5, 5.41) is 12.4. The normalized spacial score (nSPS) is 16.0. The number of amides is 2. The van der Waals surface area contributed by atoms with Crippen LogP contribution >= 0.6 is 0 Å². The zero-order chi connectivity index (χ0) is 21.3. The fourth-order valence-electron chi connectivity index (χ4n) is 3.58. The number of phenolic OH excluding ortho intramolecular Hbond substituents is 1. The van der Waals surface area contributed by atoms with E-state index in [0.29, 0.717) is 23.6 Å². The predicted molar refractivity (Wildman–Crippen MR) is 114 cm³/mol. The van der Waals surface area contributed by atoms with E-state index in [1.54, 1.807) is 29.2 Å². The molecule has 0 aliphatic carbocycles. The molecule has 2 amide bonds. The summed E-state index contributed by atoms with van der Waals surface area (Å²) in [5.74, 6) is -0.152. The molecule has 3 aromatic rings. The number of nitrogens with zero attached hydrogens (tertiary/aromatic N) is 3. The number of nitrogens with one attached hydrogen (secondary N) is 1. The number of benzene rings is 2. The third kappa shape index (κ3) is 3.87. The van der Waals surface area contributed by atoms with Gasteiger partial charge < -0.3 is 15.3 Å². The first-order chi connectivity index (χ1) is 14.4. The van der Waals surface area contributed by atoms with E-state index in [1.165, 1.54) is 12.4 Å². The smallest absolute Gasteiger partial charge is 0.229 e.